The molecule has 1 aliphatic heterocycles. The Labute approximate surface area is 576 Å². The fraction of sp³-hybridized carbons (Fsp3) is 0.100. The summed E-state index contributed by atoms with van der Waals surface area (Å²) in [6, 6.07) is 79.1. The lowest BCUT2D eigenvalue weighted by atomic mass is 10.1. The van der Waals surface area contributed by atoms with Gasteiger partial charge in [0.25, 0.3) is 0 Å². The van der Waals surface area contributed by atoms with Crippen molar-refractivity contribution in [3.05, 3.63) is 302 Å². The van der Waals surface area contributed by atoms with Crippen molar-refractivity contribution < 1.29 is 14.3 Å². The number of fused-ring (bicyclic) bond motifs is 8. The monoisotopic (exact) mass is 1320 g/mol. The average Bonchev–Trinajstić information content (AvgIpc) is 1.62. The minimum atomic E-state index is -0.343. The lowest BCUT2D eigenvalue weighted by molar-refractivity contribution is 0.0600. The van der Waals surface area contributed by atoms with E-state index in [-0.39, 0.29) is 11.8 Å². The van der Waals surface area contributed by atoms with Gasteiger partial charge >= 0.3 is 5.97 Å². The van der Waals surface area contributed by atoms with Crippen LogP contribution in [0.5, 0.6) is 0 Å². The van der Waals surface area contributed by atoms with E-state index >= 15 is 0 Å². The van der Waals surface area contributed by atoms with Crippen LogP contribution in [0.4, 0.5) is 51.2 Å². The van der Waals surface area contributed by atoms with Crippen LogP contribution in [-0.4, -0.2) is 76.1 Å². The van der Waals surface area contributed by atoms with E-state index in [2.05, 4.69) is 104 Å². The predicted molar refractivity (Wildman–Crippen MR) is 410 cm³/mol. The molecule has 17 nitrogen and oxygen atoms in total. The van der Waals surface area contributed by atoms with E-state index in [9.17, 15) is 9.59 Å². The maximum absolute atomic E-state index is 12.0. The number of likely N-dealkylation sites (N-methyl/N-ethyl adjacent to an activating group) is 1. The van der Waals surface area contributed by atoms with Gasteiger partial charge in [0.05, 0.1) is 29.7 Å². The van der Waals surface area contributed by atoms with Crippen molar-refractivity contribution in [1.82, 2.24) is 24.0 Å². The number of nitrogens with two attached hydrogens (primary N) is 8. The molecule has 16 rings (SSSR count). The number of nitrogens with zero attached hydrogens (tertiary/aromatic N) is 6. The maximum atomic E-state index is 12.0. The normalized spacial score (nSPS) is 11.7. The molecule has 11 aromatic carbocycles. The number of carbonyl (C=O) groups excluding carboxylic acids is 2. The topological polar surface area (TPSA) is 294 Å². The molecule has 0 atom stereocenters. The third kappa shape index (κ3) is 18.5. The summed E-state index contributed by atoms with van der Waals surface area (Å²) in [5.41, 5.74) is 59.9. The van der Waals surface area contributed by atoms with E-state index < -0.39 is 0 Å². The molecule has 0 unspecified atom stereocenters. The van der Waals surface area contributed by atoms with Gasteiger partial charge in [0.1, 0.15) is 0 Å². The van der Waals surface area contributed by atoms with E-state index in [1.807, 2.05) is 163 Å². The highest BCUT2D eigenvalue weighted by Gasteiger charge is 2.26. The zero-order chi connectivity index (χ0) is 69.5. The molecule has 16 N–H and O–H groups in total. The van der Waals surface area contributed by atoms with Gasteiger partial charge < -0.3 is 69.5 Å². The van der Waals surface area contributed by atoms with Gasteiger partial charge in [-0.15, -0.1) is 0 Å². The zero-order valence-corrected chi connectivity index (χ0v) is 55.8. The molecule has 4 heterocycles. The highest BCUT2D eigenvalue weighted by molar-refractivity contribution is 6.33. The second kappa shape index (κ2) is 34.2. The molecule has 0 saturated carbocycles. The molecular formula is C80H81ClN14O3. The molecule has 3 aromatic heterocycles. The van der Waals surface area contributed by atoms with Crippen LogP contribution in [0.2, 0.25) is 5.02 Å². The minimum Gasteiger partial charge on any atom is -0.465 e. The van der Waals surface area contributed by atoms with E-state index in [0.29, 0.717) is 27.6 Å². The van der Waals surface area contributed by atoms with Crippen LogP contribution in [0.15, 0.2) is 280 Å². The van der Waals surface area contributed by atoms with Crippen molar-refractivity contribution in [2.24, 2.45) is 0 Å². The van der Waals surface area contributed by atoms with Gasteiger partial charge in [-0.1, -0.05) is 121 Å². The number of hydrogen-bond donors (Lipinski definition) is 8. The van der Waals surface area contributed by atoms with Crippen LogP contribution < -0.4 is 50.8 Å². The summed E-state index contributed by atoms with van der Waals surface area (Å²) < 4.78 is 8.75. The van der Waals surface area contributed by atoms with E-state index in [4.69, 9.17) is 57.5 Å². The summed E-state index contributed by atoms with van der Waals surface area (Å²) in [5.74, 6) is -0.266. The first-order valence-electron chi connectivity index (χ1n) is 31.7. The summed E-state index contributed by atoms with van der Waals surface area (Å²) >= 11 is 5.58. The predicted octanol–water partition coefficient (Wildman–Crippen LogP) is 15.6. The van der Waals surface area contributed by atoms with Crippen LogP contribution in [0.3, 0.4) is 0 Å². The number of pyridine rings is 1. The Morgan fingerprint density at radius 1 is 0.459 bits per heavy atom. The lowest BCUT2D eigenvalue weighted by Gasteiger charge is -2.34. The summed E-state index contributed by atoms with van der Waals surface area (Å²) in [6.07, 6.45) is 8.96. The first kappa shape index (κ1) is 70.0. The largest absolute Gasteiger partial charge is 0.465 e. The van der Waals surface area contributed by atoms with Crippen LogP contribution >= 0.6 is 11.6 Å². The second-order valence-electron chi connectivity index (χ2n) is 22.8. The molecule has 18 heteroatoms. The Hall–Kier alpha value is -12.3. The lowest BCUT2D eigenvalue weighted by Crippen LogP contribution is -2.44. The quantitative estimate of drug-likeness (QED) is 0.0600. The molecule has 98 heavy (non-hydrogen) atoms. The van der Waals surface area contributed by atoms with E-state index in [1.54, 1.807) is 61.2 Å². The number of imidazole rings is 1. The number of hydrogen-bond acceptors (Lipinski definition) is 15. The molecule has 496 valence electrons. The van der Waals surface area contributed by atoms with Gasteiger partial charge in [-0.2, -0.15) is 0 Å². The van der Waals surface area contributed by atoms with Crippen molar-refractivity contribution in [3.63, 3.8) is 0 Å². The van der Waals surface area contributed by atoms with Crippen molar-refractivity contribution in [3.8, 4) is 16.8 Å². The Morgan fingerprint density at radius 2 is 0.969 bits per heavy atom. The average molecular weight is 1320 g/mol. The molecule has 0 spiro atoms. The summed E-state index contributed by atoms with van der Waals surface area (Å²) in [4.78, 5) is 35.6. The summed E-state index contributed by atoms with van der Waals surface area (Å²) in [6.45, 7) is 7.66. The molecule has 1 aliphatic carbocycles. The number of ketones is 1. The molecule has 0 amide bonds. The fourth-order valence-electron chi connectivity index (χ4n) is 10.9. The number of halogens is 1. The summed E-state index contributed by atoms with van der Waals surface area (Å²) in [7, 11) is 3.51. The first-order valence-corrected chi connectivity index (χ1v) is 32.1. The summed E-state index contributed by atoms with van der Waals surface area (Å²) in [5, 5.41) is 7.65. The first-order chi connectivity index (χ1) is 47.5. The molecule has 0 bridgehead atoms. The molecule has 1 fully saturated rings. The SMILES string of the molecule is CCn1c2ccccc2c2cc(N)ccc21.CN1CCN(c2ccc(N)cc2)CC1.COC(=O)c1ccc(N)cc1.Nc1ccc(-n2ccnc2)cc1.Nc1ccc2c(c1)C(=O)c1ccccc1-2.Nc1cccc2ccccc12.Nc1cccc2cnccc12.Nc1ccccc1Cl. The zero-order valence-electron chi connectivity index (χ0n) is 55.0. The number of carbonyl (C=O) groups is 2. The highest BCUT2D eigenvalue weighted by Crippen LogP contribution is 2.37. The Morgan fingerprint density at radius 3 is 1.57 bits per heavy atom. The Kier molecular flexibility index (Phi) is 24.4. The number of aromatic nitrogens is 4. The maximum Gasteiger partial charge on any atom is 0.337 e. The Bertz CT molecular complexity index is 4790. The number of methoxy groups -OCH3 is 1. The van der Waals surface area contributed by atoms with Gasteiger partial charge in [0.2, 0.25) is 0 Å². The highest BCUT2D eigenvalue weighted by atomic mass is 35.5. The number of nitrogen functional groups attached to an aromatic ring is 8. The molecule has 1 saturated heterocycles. The minimum absolute atomic E-state index is 0.0768. The molecular weight excluding hydrogens is 1240 g/mol. The van der Waals surface area contributed by atoms with Crippen LogP contribution in [0.1, 0.15) is 33.2 Å². The van der Waals surface area contributed by atoms with Crippen molar-refractivity contribution >= 4 is 118 Å². The number of piperazine rings is 1. The van der Waals surface area contributed by atoms with Gasteiger partial charge in [-0.05, 0) is 170 Å². The number of esters is 1. The fourth-order valence-corrected chi connectivity index (χ4v) is 11.0. The van der Waals surface area contributed by atoms with Crippen LogP contribution in [-0.2, 0) is 11.3 Å². The van der Waals surface area contributed by atoms with Gasteiger partial charge in [0.15, 0.2) is 5.78 Å². The Balaban J connectivity index is 0.000000132. The smallest absolute Gasteiger partial charge is 0.337 e. The van der Waals surface area contributed by atoms with Crippen LogP contribution in [0, 0.1) is 0 Å². The number of anilines is 9. The number of para-hydroxylation sites is 2. The van der Waals surface area contributed by atoms with Gasteiger partial charge in [0, 0.05) is 158 Å². The third-order valence-electron chi connectivity index (χ3n) is 16.1. The number of rotatable bonds is 4. The standard InChI is InChI=1S/C14H14N2.C13H9NO.C11H17N3.C10H9N.C9H9N3.C9H8N2.C8H9NO2.C6H6ClN/c1-2-16-13-6-4-3-5-11(13)12-9-10(15)7-8-14(12)16;14-8-5-6-10-9-3-1-2-4-11(9)13(15)12(10)7-8;1-13-6-8-14(9-7-13)11-4-2-10(12)3-5-11;11-10-7-3-5-8-4-1-2-6-9(8)10;10-8-1-3-9(4-2-8)12-6-5-11-7-12;10-9-3-1-2-7-6-11-5-4-8(7)9;1-11-8(10)6-2-4-7(9)5-3-6;7-5-3-1-2-4-6(5)8/h3-9H,2,15H2,1H3;1-7H,14H2;2-5H,6-9,12H2,1H3;1-7H,11H2;1-7H,10H2;1-6H,10H2;2-5H,9H2,1H3;1-4H,8H2. The van der Waals surface area contributed by atoms with Gasteiger partial charge in [-0.3, -0.25) is 9.78 Å². The van der Waals surface area contributed by atoms with Crippen molar-refractivity contribution in [2.75, 3.05) is 91.1 Å². The van der Waals surface area contributed by atoms with Crippen molar-refractivity contribution in [2.45, 2.75) is 13.5 Å². The van der Waals surface area contributed by atoms with Crippen LogP contribution in [0.25, 0.3) is 60.2 Å². The van der Waals surface area contributed by atoms with Gasteiger partial charge in [-0.25, -0.2) is 9.78 Å². The van der Waals surface area contributed by atoms with Crippen molar-refractivity contribution in [1.29, 1.82) is 0 Å². The van der Waals surface area contributed by atoms with E-state index in [1.165, 1.54) is 40.0 Å². The number of benzene rings is 11. The molecule has 14 aromatic rings. The molecule has 2 aliphatic rings. The number of ether oxygens (including phenoxy) is 1. The van der Waals surface area contributed by atoms with E-state index in [0.717, 1.165) is 105 Å². The molecule has 0 radical (unpaired) electrons. The number of aryl methyl sites for hydroxylation is 1. The second-order valence-corrected chi connectivity index (χ2v) is 23.2. The third-order valence-corrected chi connectivity index (χ3v) is 16.4.